The van der Waals surface area contributed by atoms with Gasteiger partial charge in [0.1, 0.15) is 5.82 Å². The van der Waals surface area contributed by atoms with E-state index in [9.17, 15) is 4.39 Å². The fourth-order valence-electron chi connectivity index (χ4n) is 2.76. The summed E-state index contributed by atoms with van der Waals surface area (Å²) in [5.74, 6) is -0.450. The van der Waals surface area contributed by atoms with Gasteiger partial charge in [-0.3, -0.25) is 0 Å². The first kappa shape index (κ1) is 14.8. The predicted molar refractivity (Wildman–Crippen MR) is 77.2 cm³/mol. The van der Waals surface area contributed by atoms with E-state index in [1.54, 1.807) is 6.07 Å². The molecule has 0 radical (unpaired) electrons. The first-order valence-corrected chi connectivity index (χ1v) is 7.07. The molecule has 1 aliphatic carbocycles. The van der Waals surface area contributed by atoms with Crippen molar-refractivity contribution < 1.29 is 9.60 Å². The number of amidine groups is 1. The van der Waals surface area contributed by atoms with Crippen molar-refractivity contribution >= 4 is 5.84 Å². The Hall–Kier alpha value is -1.62. The molecule has 20 heavy (non-hydrogen) atoms. The standard InChI is InChI=1S/C15H22FN3O/c1-2-15(4-3-5-15)10-18-9-11-6-12(14(17)19-20)8-13(16)7-11/h6-8,18,20H,2-5,9-10H2,1H3,(H2,17,19). The largest absolute Gasteiger partial charge is 0.409 e. The Kier molecular flexibility index (Phi) is 4.60. The molecule has 0 atom stereocenters. The van der Waals surface area contributed by atoms with Gasteiger partial charge in [-0.05, 0) is 48.4 Å². The Morgan fingerprint density at radius 1 is 1.45 bits per heavy atom. The maximum Gasteiger partial charge on any atom is 0.170 e. The highest BCUT2D eigenvalue weighted by Crippen LogP contribution is 2.43. The van der Waals surface area contributed by atoms with E-state index in [1.807, 2.05) is 0 Å². The first-order valence-electron chi connectivity index (χ1n) is 7.07. The van der Waals surface area contributed by atoms with Crippen molar-refractivity contribution in [2.45, 2.75) is 39.2 Å². The van der Waals surface area contributed by atoms with Gasteiger partial charge in [0.15, 0.2) is 5.84 Å². The Balaban J connectivity index is 1.97. The predicted octanol–water partition coefficient (Wildman–Crippen LogP) is 2.59. The van der Waals surface area contributed by atoms with Crippen LogP contribution in [0, 0.1) is 11.2 Å². The van der Waals surface area contributed by atoms with Crippen LogP contribution in [0.25, 0.3) is 0 Å². The number of hydrogen-bond acceptors (Lipinski definition) is 3. The monoisotopic (exact) mass is 279 g/mol. The molecule has 4 nitrogen and oxygen atoms in total. The molecule has 4 N–H and O–H groups in total. The minimum Gasteiger partial charge on any atom is -0.409 e. The molecule has 110 valence electrons. The van der Waals surface area contributed by atoms with Crippen LogP contribution in [-0.4, -0.2) is 17.6 Å². The van der Waals surface area contributed by atoms with Gasteiger partial charge < -0.3 is 16.3 Å². The minimum atomic E-state index is -0.375. The van der Waals surface area contributed by atoms with Crippen LogP contribution < -0.4 is 11.1 Å². The van der Waals surface area contributed by atoms with Crippen LogP contribution in [-0.2, 0) is 6.54 Å². The average Bonchev–Trinajstić information content (AvgIpc) is 2.40. The van der Waals surface area contributed by atoms with Crippen molar-refractivity contribution in [2.24, 2.45) is 16.3 Å². The maximum absolute atomic E-state index is 13.5. The molecule has 0 aliphatic heterocycles. The first-order chi connectivity index (χ1) is 9.58. The fourth-order valence-corrected chi connectivity index (χ4v) is 2.76. The molecule has 1 saturated carbocycles. The number of halogens is 1. The highest BCUT2D eigenvalue weighted by molar-refractivity contribution is 5.97. The van der Waals surface area contributed by atoms with Gasteiger partial charge in [-0.2, -0.15) is 0 Å². The summed E-state index contributed by atoms with van der Waals surface area (Å²) in [6.07, 6.45) is 5.03. The van der Waals surface area contributed by atoms with Crippen molar-refractivity contribution in [1.29, 1.82) is 0 Å². The van der Waals surface area contributed by atoms with Crippen molar-refractivity contribution in [1.82, 2.24) is 5.32 Å². The molecule has 0 unspecified atom stereocenters. The van der Waals surface area contributed by atoms with Gasteiger partial charge in [0.2, 0.25) is 0 Å². The molecule has 5 heteroatoms. The third kappa shape index (κ3) is 3.28. The van der Waals surface area contributed by atoms with Crippen LogP contribution in [0.4, 0.5) is 4.39 Å². The van der Waals surface area contributed by atoms with Gasteiger partial charge >= 0.3 is 0 Å². The number of benzene rings is 1. The maximum atomic E-state index is 13.5. The number of nitrogens with two attached hydrogens (primary N) is 1. The number of nitrogens with one attached hydrogen (secondary N) is 1. The zero-order valence-corrected chi connectivity index (χ0v) is 11.8. The van der Waals surface area contributed by atoms with Gasteiger partial charge in [-0.1, -0.05) is 18.5 Å². The average molecular weight is 279 g/mol. The third-order valence-electron chi connectivity index (χ3n) is 4.35. The van der Waals surface area contributed by atoms with E-state index in [1.165, 1.54) is 37.8 Å². The molecule has 1 aliphatic rings. The molecule has 0 aromatic heterocycles. The van der Waals surface area contributed by atoms with Gasteiger partial charge in [-0.25, -0.2) is 4.39 Å². The lowest BCUT2D eigenvalue weighted by atomic mass is 9.67. The van der Waals surface area contributed by atoms with Gasteiger partial charge in [0, 0.05) is 18.7 Å². The van der Waals surface area contributed by atoms with E-state index in [4.69, 9.17) is 10.9 Å². The van der Waals surface area contributed by atoms with Gasteiger partial charge in [0.25, 0.3) is 0 Å². The van der Waals surface area contributed by atoms with Gasteiger partial charge in [-0.15, -0.1) is 0 Å². The molecule has 0 amide bonds. The highest BCUT2D eigenvalue weighted by atomic mass is 19.1. The summed E-state index contributed by atoms with van der Waals surface area (Å²) in [6.45, 7) is 3.77. The zero-order chi connectivity index (χ0) is 14.6. The summed E-state index contributed by atoms with van der Waals surface area (Å²) in [5.41, 5.74) is 7.13. The summed E-state index contributed by atoms with van der Waals surface area (Å²) < 4.78 is 13.5. The lowest BCUT2D eigenvalue weighted by molar-refractivity contribution is 0.124. The number of rotatable bonds is 6. The molecular formula is C15H22FN3O. The van der Waals surface area contributed by atoms with Crippen LogP contribution in [0.5, 0.6) is 0 Å². The molecule has 1 fully saturated rings. The van der Waals surface area contributed by atoms with Crippen LogP contribution >= 0.6 is 0 Å². The zero-order valence-electron chi connectivity index (χ0n) is 11.8. The molecule has 0 spiro atoms. The summed E-state index contributed by atoms with van der Waals surface area (Å²) in [7, 11) is 0. The SMILES string of the molecule is CCC1(CNCc2cc(F)cc(/C(N)=N/O)c2)CCC1. The van der Waals surface area contributed by atoms with Crippen molar-refractivity contribution in [3.05, 3.63) is 35.1 Å². The Morgan fingerprint density at radius 2 is 2.20 bits per heavy atom. The topological polar surface area (TPSA) is 70.6 Å². The van der Waals surface area contributed by atoms with E-state index in [2.05, 4.69) is 17.4 Å². The number of hydrogen-bond donors (Lipinski definition) is 3. The lowest BCUT2D eigenvalue weighted by Gasteiger charge is -2.41. The Bertz CT molecular complexity index is 492. The number of oxime groups is 1. The van der Waals surface area contributed by atoms with E-state index < -0.39 is 0 Å². The molecule has 1 aromatic carbocycles. The van der Waals surface area contributed by atoms with E-state index in [0.717, 1.165) is 12.1 Å². The second-order valence-corrected chi connectivity index (χ2v) is 5.64. The molecule has 1 aromatic rings. The van der Waals surface area contributed by atoms with Crippen LogP contribution in [0.2, 0.25) is 0 Å². The second kappa shape index (κ2) is 6.22. The van der Waals surface area contributed by atoms with Crippen molar-refractivity contribution in [2.75, 3.05) is 6.54 Å². The van der Waals surface area contributed by atoms with E-state index >= 15 is 0 Å². The van der Waals surface area contributed by atoms with Crippen LogP contribution in [0.1, 0.15) is 43.7 Å². The number of nitrogens with zero attached hydrogens (tertiary/aromatic N) is 1. The lowest BCUT2D eigenvalue weighted by Crippen LogP contribution is -2.39. The third-order valence-corrected chi connectivity index (χ3v) is 4.35. The Morgan fingerprint density at radius 3 is 2.75 bits per heavy atom. The second-order valence-electron chi connectivity index (χ2n) is 5.64. The quantitative estimate of drug-likeness (QED) is 0.324. The van der Waals surface area contributed by atoms with E-state index in [-0.39, 0.29) is 11.7 Å². The molecule has 2 rings (SSSR count). The molecule has 0 saturated heterocycles. The summed E-state index contributed by atoms with van der Waals surface area (Å²) >= 11 is 0. The van der Waals surface area contributed by atoms with Crippen molar-refractivity contribution in [3.8, 4) is 0 Å². The summed E-state index contributed by atoms with van der Waals surface area (Å²) in [4.78, 5) is 0. The normalized spacial score (nSPS) is 17.8. The summed E-state index contributed by atoms with van der Waals surface area (Å²) in [5, 5.41) is 14.9. The van der Waals surface area contributed by atoms with E-state index in [0.29, 0.717) is 17.5 Å². The fraction of sp³-hybridized carbons (Fsp3) is 0.533. The summed E-state index contributed by atoms with van der Waals surface area (Å²) in [6, 6.07) is 4.48. The van der Waals surface area contributed by atoms with Crippen LogP contribution in [0.3, 0.4) is 0 Å². The van der Waals surface area contributed by atoms with Gasteiger partial charge in [0.05, 0.1) is 0 Å². The molecular weight excluding hydrogens is 257 g/mol. The smallest absolute Gasteiger partial charge is 0.170 e. The van der Waals surface area contributed by atoms with Crippen LogP contribution in [0.15, 0.2) is 23.4 Å². The Labute approximate surface area is 118 Å². The highest BCUT2D eigenvalue weighted by Gasteiger charge is 2.34. The molecule has 0 bridgehead atoms. The van der Waals surface area contributed by atoms with Crippen molar-refractivity contribution in [3.63, 3.8) is 0 Å². The minimum absolute atomic E-state index is 0.0743. The molecule has 0 heterocycles.